The van der Waals surface area contributed by atoms with Gasteiger partial charge in [-0.15, -0.1) is 0 Å². The van der Waals surface area contributed by atoms with E-state index in [9.17, 15) is 12.8 Å². The number of rotatable bonds is 3. The lowest BCUT2D eigenvalue weighted by molar-refractivity contribution is 0.483. The summed E-state index contributed by atoms with van der Waals surface area (Å²) in [5.74, 6) is -0.366. The maximum Gasteiger partial charge on any atom is 0.339 e. The molecule has 19 heavy (non-hydrogen) atoms. The highest BCUT2D eigenvalue weighted by atomic mass is 32.2. The summed E-state index contributed by atoms with van der Waals surface area (Å²) >= 11 is 0. The fourth-order valence-corrected chi connectivity index (χ4v) is 2.60. The van der Waals surface area contributed by atoms with Crippen LogP contribution in [0.3, 0.4) is 0 Å². The zero-order valence-electron chi connectivity index (χ0n) is 10.6. The average Bonchev–Trinajstić information content (AvgIpc) is 2.33. The van der Waals surface area contributed by atoms with Crippen LogP contribution in [0.2, 0.25) is 0 Å². The summed E-state index contributed by atoms with van der Waals surface area (Å²) in [5, 5.41) is 0. The maximum atomic E-state index is 13.1. The van der Waals surface area contributed by atoms with Crippen molar-refractivity contribution >= 4 is 10.1 Å². The molecule has 0 aliphatic carbocycles. The Morgan fingerprint density at radius 3 is 2.47 bits per heavy atom. The van der Waals surface area contributed by atoms with Crippen LogP contribution in [-0.4, -0.2) is 8.42 Å². The topological polar surface area (TPSA) is 43.4 Å². The Morgan fingerprint density at radius 1 is 1.05 bits per heavy atom. The Kier molecular flexibility index (Phi) is 3.57. The van der Waals surface area contributed by atoms with Gasteiger partial charge in [0.05, 0.1) is 0 Å². The highest BCUT2D eigenvalue weighted by molar-refractivity contribution is 7.87. The number of halogens is 1. The lowest BCUT2D eigenvalue weighted by Gasteiger charge is -2.10. The summed E-state index contributed by atoms with van der Waals surface area (Å²) in [6.07, 6.45) is 0. The molecule has 0 N–H and O–H groups in total. The van der Waals surface area contributed by atoms with Gasteiger partial charge >= 0.3 is 10.1 Å². The molecule has 5 heteroatoms. The second-order valence-corrected chi connectivity index (χ2v) is 5.81. The standard InChI is InChI=1S/C14H13FO3S/c1-10-6-7-11(2)14(8-10)18-19(16,17)13-5-3-4-12(15)9-13/h3-9H,1-2H3. The molecule has 0 unspecified atom stereocenters. The molecule has 0 saturated heterocycles. The number of hydrogen-bond donors (Lipinski definition) is 0. The average molecular weight is 280 g/mol. The van der Waals surface area contributed by atoms with Crippen molar-refractivity contribution < 1.29 is 17.0 Å². The first-order valence-corrected chi connectivity index (χ1v) is 7.06. The van der Waals surface area contributed by atoms with Crippen LogP contribution >= 0.6 is 0 Å². The third-order valence-electron chi connectivity index (χ3n) is 2.63. The third-order valence-corrected chi connectivity index (χ3v) is 3.86. The van der Waals surface area contributed by atoms with E-state index in [-0.39, 0.29) is 10.6 Å². The van der Waals surface area contributed by atoms with Gasteiger partial charge in [-0.25, -0.2) is 4.39 Å². The Labute approximate surface area is 111 Å². The van der Waals surface area contributed by atoms with Gasteiger partial charge in [0.1, 0.15) is 16.5 Å². The molecule has 0 atom stereocenters. The van der Waals surface area contributed by atoms with E-state index < -0.39 is 15.9 Å². The fraction of sp³-hybridized carbons (Fsp3) is 0.143. The molecule has 2 aromatic rings. The summed E-state index contributed by atoms with van der Waals surface area (Å²) < 4.78 is 42.2. The first-order chi connectivity index (χ1) is 8.88. The molecule has 2 aromatic carbocycles. The van der Waals surface area contributed by atoms with Crippen LogP contribution in [0.5, 0.6) is 5.75 Å². The third kappa shape index (κ3) is 3.12. The van der Waals surface area contributed by atoms with E-state index in [1.165, 1.54) is 18.2 Å². The van der Waals surface area contributed by atoms with E-state index in [0.717, 1.165) is 11.6 Å². The molecule has 0 amide bonds. The predicted molar refractivity (Wildman–Crippen MR) is 70.1 cm³/mol. The second-order valence-electron chi connectivity index (χ2n) is 4.26. The van der Waals surface area contributed by atoms with Gasteiger partial charge < -0.3 is 4.18 Å². The SMILES string of the molecule is Cc1ccc(C)c(OS(=O)(=O)c2cccc(F)c2)c1. The monoisotopic (exact) mass is 280 g/mol. The van der Waals surface area contributed by atoms with Gasteiger partial charge in [-0.1, -0.05) is 18.2 Å². The van der Waals surface area contributed by atoms with Crippen molar-refractivity contribution in [2.45, 2.75) is 18.7 Å². The fourth-order valence-electron chi connectivity index (χ4n) is 1.59. The van der Waals surface area contributed by atoms with Crippen LogP contribution in [0, 0.1) is 19.7 Å². The van der Waals surface area contributed by atoms with E-state index in [4.69, 9.17) is 4.18 Å². The summed E-state index contributed by atoms with van der Waals surface area (Å²) in [7, 11) is -4.02. The maximum absolute atomic E-state index is 13.1. The molecule has 0 saturated carbocycles. The molecule has 0 aliphatic heterocycles. The number of benzene rings is 2. The van der Waals surface area contributed by atoms with Crippen molar-refractivity contribution in [2.75, 3.05) is 0 Å². The van der Waals surface area contributed by atoms with Crippen LogP contribution in [0.4, 0.5) is 4.39 Å². The normalized spacial score (nSPS) is 11.3. The van der Waals surface area contributed by atoms with Crippen molar-refractivity contribution in [3.8, 4) is 5.75 Å². The van der Waals surface area contributed by atoms with Crippen LogP contribution in [-0.2, 0) is 10.1 Å². The Hall–Kier alpha value is -1.88. The van der Waals surface area contributed by atoms with E-state index in [1.54, 1.807) is 19.1 Å². The van der Waals surface area contributed by atoms with Crippen molar-refractivity contribution in [3.05, 3.63) is 59.4 Å². The molecule has 0 aliphatic rings. The zero-order chi connectivity index (χ0) is 14.0. The molecule has 0 heterocycles. The van der Waals surface area contributed by atoms with Crippen LogP contribution in [0.1, 0.15) is 11.1 Å². The van der Waals surface area contributed by atoms with Crippen molar-refractivity contribution in [3.63, 3.8) is 0 Å². The van der Waals surface area contributed by atoms with Crippen LogP contribution < -0.4 is 4.18 Å². The molecule has 0 spiro atoms. The Balaban J connectivity index is 2.39. The van der Waals surface area contributed by atoms with Gasteiger partial charge in [-0.05, 0) is 49.2 Å². The summed E-state index contributed by atoms with van der Waals surface area (Å²) in [6.45, 7) is 3.58. The predicted octanol–water partition coefficient (Wildman–Crippen LogP) is 3.21. The summed E-state index contributed by atoms with van der Waals surface area (Å²) in [4.78, 5) is -0.201. The molecular weight excluding hydrogens is 267 g/mol. The quantitative estimate of drug-likeness (QED) is 0.811. The highest BCUT2D eigenvalue weighted by Crippen LogP contribution is 2.24. The Bertz CT molecular complexity index is 708. The highest BCUT2D eigenvalue weighted by Gasteiger charge is 2.18. The van der Waals surface area contributed by atoms with Gasteiger partial charge in [0.2, 0.25) is 0 Å². The largest absolute Gasteiger partial charge is 0.379 e. The molecule has 0 aromatic heterocycles. The molecular formula is C14H13FO3S. The first-order valence-electron chi connectivity index (χ1n) is 5.66. The Morgan fingerprint density at radius 2 is 1.79 bits per heavy atom. The first kappa shape index (κ1) is 13.5. The van der Waals surface area contributed by atoms with Crippen molar-refractivity contribution in [1.82, 2.24) is 0 Å². The van der Waals surface area contributed by atoms with Crippen molar-refractivity contribution in [1.29, 1.82) is 0 Å². The van der Waals surface area contributed by atoms with Gasteiger partial charge in [0.15, 0.2) is 0 Å². The second kappa shape index (κ2) is 5.01. The van der Waals surface area contributed by atoms with Crippen LogP contribution in [0.25, 0.3) is 0 Å². The van der Waals surface area contributed by atoms with Crippen molar-refractivity contribution in [2.24, 2.45) is 0 Å². The summed E-state index contributed by atoms with van der Waals surface area (Å²) in [5.41, 5.74) is 1.58. The molecule has 0 bridgehead atoms. The van der Waals surface area contributed by atoms with Gasteiger partial charge in [0, 0.05) is 0 Å². The number of hydrogen-bond acceptors (Lipinski definition) is 3. The van der Waals surface area contributed by atoms with E-state index in [0.29, 0.717) is 5.56 Å². The minimum atomic E-state index is -4.02. The lowest BCUT2D eigenvalue weighted by atomic mass is 10.1. The molecule has 2 rings (SSSR count). The van der Waals surface area contributed by atoms with Gasteiger partial charge in [-0.3, -0.25) is 0 Å². The minimum absolute atomic E-state index is 0.201. The van der Waals surface area contributed by atoms with Gasteiger partial charge in [0.25, 0.3) is 0 Å². The molecule has 3 nitrogen and oxygen atoms in total. The molecule has 100 valence electrons. The van der Waals surface area contributed by atoms with E-state index in [1.807, 2.05) is 13.0 Å². The molecule has 0 radical (unpaired) electrons. The zero-order valence-corrected chi connectivity index (χ0v) is 11.4. The minimum Gasteiger partial charge on any atom is -0.379 e. The molecule has 0 fully saturated rings. The van der Waals surface area contributed by atoms with Gasteiger partial charge in [-0.2, -0.15) is 8.42 Å². The van der Waals surface area contributed by atoms with E-state index >= 15 is 0 Å². The number of aryl methyl sites for hydroxylation is 2. The lowest BCUT2D eigenvalue weighted by Crippen LogP contribution is -2.10. The summed E-state index contributed by atoms with van der Waals surface area (Å²) in [6, 6.07) is 9.99. The van der Waals surface area contributed by atoms with Crippen LogP contribution in [0.15, 0.2) is 47.4 Å². The van der Waals surface area contributed by atoms with E-state index in [2.05, 4.69) is 0 Å². The smallest absolute Gasteiger partial charge is 0.339 e.